The highest BCUT2D eigenvalue weighted by molar-refractivity contribution is 8.19. The molecule has 0 saturated carbocycles. The van der Waals surface area contributed by atoms with Crippen molar-refractivity contribution >= 4 is 29.4 Å². The van der Waals surface area contributed by atoms with Crippen LogP contribution in [0.25, 0.3) is 0 Å². The lowest BCUT2D eigenvalue weighted by Gasteiger charge is -2.18. The molecule has 6 heteroatoms. The van der Waals surface area contributed by atoms with Crippen LogP contribution in [0.2, 0.25) is 0 Å². The monoisotopic (exact) mass is 403 g/mol. The van der Waals surface area contributed by atoms with Crippen molar-refractivity contribution in [2.45, 2.75) is 11.0 Å². The number of likely N-dealkylation sites (N-methyl/N-ethyl adjacent to an activating group) is 1. The summed E-state index contributed by atoms with van der Waals surface area (Å²) in [5.74, 6) is 3.88. The maximum absolute atomic E-state index is 12.7. The van der Waals surface area contributed by atoms with Gasteiger partial charge in [0, 0.05) is 30.7 Å². The number of hydrogen-bond donors (Lipinski definition) is 0. The van der Waals surface area contributed by atoms with Gasteiger partial charge in [0.1, 0.15) is 0 Å². The molecule has 2 aromatic rings. The van der Waals surface area contributed by atoms with Crippen LogP contribution in [0.3, 0.4) is 0 Å². The minimum atomic E-state index is 0.0498. The molecule has 27 heavy (non-hydrogen) atoms. The van der Waals surface area contributed by atoms with Crippen LogP contribution in [0, 0.1) is 0 Å². The summed E-state index contributed by atoms with van der Waals surface area (Å²) in [4.78, 5) is 14.5. The second-order valence-electron chi connectivity index (χ2n) is 6.36. The van der Waals surface area contributed by atoms with Crippen LogP contribution in [0.15, 0.2) is 42.5 Å². The van der Waals surface area contributed by atoms with Gasteiger partial charge in [0.25, 0.3) is 5.91 Å². The topological polar surface area (TPSA) is 38.8 Å². The number of amides is 1. The van der Waals surface area contributed by atoms with Crippen LogP contribution >= 0.6 is 23.5 Å². The standard InChI is InChI=1S/C21H25NO3S2/c1-22(11-10-15-4-9-18(24-2)19(14-15)25-3)20(23)16-5-7-17(8-6-16)21-26-12-13-27-21/h4-9,14,21H,10-13H2,1-3H3. The van der Waals surface area contributed by atoms with Crippen molar-refractivity contribution in [1.29, 1.82) is 0 Å². The second-order valence-corrected chi connectivity index (χ2v) is 9.09. The average molecular weight is 404 g/mol. The average Bonchev–Trinajstić information content (AvgIpc) is 3.26. The number of thioether (sulfide) groups is 2. The van der Waals surface area contributed by atoms with E-state index in [1.807, 2.05) is 60.9 Å². The summed E-state index contributed by atoms with van der Waals surface area (Å²) < 4.78 is 11.1. The Morgan fingerprint density at radius 3 is 2.33 bits per heavy atom. The number of carbonyl (C=O) groups excluding carboxylic acids is 1. The maximum Gasteiger partial charge on any atom is 0.253 e. The van der Waals surface area contributed by atoms with Crippen LogP contribution in [-0.2, 0) is 6.42 Å². The minimum absolute atomic E-state index is 0.0498. The summed E-state index contributed by atoms with van der Waals surface area (Å²) in [6.07, 6.45) is 0.760. The molecule has 1 heterocycles. The maximum atomic E-state index is 12.7. The zero-order valence-electron chi connectivity index (χ0n) is 15.9. The number of rotatable bonds is 7. The Morgan fingerprint density at radius 1 is 1.04 bits per heavy atom. The Balaban J connectivity index is 1.59. The van der Waals surface area contributed by atoms with E-state index in [-0.39, 0.29) is 5.91 Å². The van der Waals surface area contributed by atoms with Crippen molar-refractivity contribution in [3.8, 4) is 11.5 Å². The third-order valence-electron chi connectivity index (χ3n) is 4.58. The predicted octanol–water partition coefficient (Wildman–Crippen LogP) is 4.50. The number of ether oxygens (including phenoxy) is 2. The van der Waals surface area contributed by atoms with Crippen molar-refractivity contribution in [2.24, 2.45) is 0 Å². The van der Waals surface area contributed by atoms with E-state index in [2.05, 4.69) is 12.1 Å². The molecule has 2 aromatic carbocycles. The first-order chi connectivity index (χ1) is 13.1. The number of methoxy groups -OCH3 is 2. The molecule has 3 rings (SSSR count). The van der Waals surface area contributed by atoms with E-state index in [0.717, 1.165) is 17.5 Å². The molecule has 0 aliphatic carbocycles. The van der Waals surface area contributed by atoms with Crippen molar-refractivity contribution < 1.29 is 14.3 Å². The lowest BCUT2D eigenvalue weighted by molar-refractivity contribution is 0.0796. The molecule has 0 radical (unpaired) electrons. The fourth-order valence-electron chi connectivity index (χ4n) is 2.99. The van der Waals surface area contributed by atoms with E-state index in [0.29, 0.717) is 22.6 Å². The summed E-state index contributed by atoms with van der Waals surface area (Å²) in [5, 5.41) is 0. The van der Waals surface area contributed by atoms with Crippen molar-refractivity contribution in [1.82, 2.24) is 4.90 Å². The van der Waals surface area contributed by atoms with E-state index in [4.69, 9.17) is 9.47 Å². The van der Waals surface area contributed by atoms with Gasteiger partial charge in [0.15, 0.2) is 11.5 Å². The summed E-state index contributed by atoms with van der Waals surface area (Å²) in [6, 6.07) is 13.9. The van der Waals surface area contributed by atoms with Crippen molar-refractivity contribution in [3.63, 3.8) is 0 Å². The van der Waals surface area contributed by atoms with E-state index in [9.17, 15) is 4.79 Å². The predicted molar refractivity (Wildman–Crippen MR) is 114 cm³/mol. The molecular formula is C21H25NO3S2. The lowest BCUT2D eigenvalue weighted by atomic mass is 10.1. The van der Waals surface area contributed by atoms with E-state index < -0.39 is 0 Å². The molecule has 1 aliphatic rings. The highest BCUT2D eigenvalue weighted by atomic mass is 32.2. The van der Waals surface area contributed by atoms with Crippen LogP contribution in [0.5, 0.6) is 11.5 Å². The van der Waals surface area contributed by atoms with Crippen molar-refractivity contribution in [3.05, 3.63) is 59.2 Å². The Kier molecular flexibility index (Phi) is 6.96. The normalized spacial score (nSPS) is 14.2. The van der Waals surface area contributed by atoms with Gasteiger partial charge < -0.3 is 14.4 Å². The zero-order chi connectivity index (χ0) is 19.2. The number of hydrogen-bond acceptors (Lipinski definition) is 5. The highest BCUT2D eigenvalue weighted by Crippen LogP contribution is 2.45. The molecule has 0 aromatic heterocycles. The smallest absolute Gasteiger partial charge is 0.253 e. The third-order valence-corrected chi connectivity index (χ3v) is 7.69. The summed E-state index contributed by atoms with van der Waals surface area (Å²) in [5.41, 5.74) is 3.14. The fourth-order valence-corrected chi connectivity index (χ4v) is 5.85. The molecule has 0 bridgehead atoms. The van der Waals surface area contributed by atoms with Gasteiger partial charge in [-0.1, -0.05) is 18.2 Å². The first-order valence-corrected chi connectivity index (χ1v) is 11.0. The van der Waals surface area contributed by atoms with Crippen LogP contribution in [-0.4, -0.2) is 50.1 Å². The lowest BCUT2D eigenvalue weighted by Crippen LogP contribution is -2.28. The summed E-state index contributed by atoms with van der Waals surface area (Å²) >= 11 is 3.95. The Labute approximate surface area is 169 Å². The van der Waals surface area contributed by atoms with Gasteiger partial charge in [-0.25, -0.2) is 0 Å². The number of carbonyl (C=O) groups is 1. The fraction of sp³-hybridized carbons (Fsp3) is 0.381. The Bertz CT molecular complexity index is 773. The molecule has 0 atom stereocenters. The van der Waals surface area contributed by atoms with Crippen LogP contribution in [0.4, 0.5) is 0 Å². The second kappa shape index (κ2) is 9.42. The number of nitrogens with zero attached hydrogens (tertiary/aromatic N) is 1. The summed E-state index contributed by atoms with van der Waals surface area (Å²) in [7, 11) is 5.10. The van der Waals surface area contributed by atoms with E-state index >= 15 is 0 Å². The quantitative estimate of drug-likeness (QED) is 0.681. The van der Waals surface area contributed by atoms with Gasteiger partial charge in [-0.05, 0) is 41.8 Å². The molecule has 0 N–H and O–H groups in total. The highest BCUT2D eigenvalue weighted by Gasteiger charge is 2.19. The first-order valence-electron chi connectivity index (χ1n) is 8.92. The van der Waals surface area contributed by atoms with Gasteiger partial charge >= 0.3 is 0 Å². The minimum Gasteiger partial charge on any atom is -0.493 e. The van der Waals surface area contributed by atoms with Gasteiger partial charge in [0.2, 0.25) is 0 Å². The van der Waals surface area contributed by atoms with Crippen LogP contribution < -0.4 is 9.47 Å². The Morgan fingerprint density at radius 2 is 1.70 bits per heavy atom. The summed E-state index contributed by atoms with van der Waals surface area (Å²) in [6.45, 7) is 0.643. The molecule has 144 valence electrons. The largest absolute Gasteiger partial charge is 0.493 e. The molecule has 1 aliphatic heterocycles. The van der Waals surface area contributed by atoms with Gasteiger partial charge in [-0.2, -0.15) is 0 Å². The molecule has 4 nitrogen and oxygen atoms in total. The molecule has 1 fully saturated rings. The first kappa shape index (κ1) is 20.0. The zero-order valence-corrected chi connectivity index (χ0v) is 17.6. The van der Waals surface area contributed by atoms with Crippen LogP contribution in [0.1, 0.15) is 26.1 Å². The van der Waals surface area contributed by atoms with E-state index in [1.54, 1.807) is 19.1 Å². The van der Waals surface area contributed by atoms with Crippen molar-refractivity contribution in [2.75, 3.05) is 39.3 Å². The molecule has 1 saturated heterocycles. The van der Waals surface area contributed by atoms with Gasteiger partial charge in [-0.15, -0.1) is 23.5 Å². The molecule has 0 spiro atoms. The molecule has 0 unspecified atom stereocenters. The molecular weight excluding hydrogens is 378 g/mol. The van der Waals surface area contributed by atoms with Gasteiger partial charge in [-0.3, -0.25) is 4.79 Å². The van der Waals surface area contributed by atoms with E-state index in [1.165, 1.54) is 17.1 Å². The van der Waals surface area contributed by atoms with Gasteiger partial charge in [0.05, 0.1) is 18.8 Å². The SMILES string of the molecule is COc1ccc(CCN(C)C(=O)c2ccc(C3SCCS3)cc2)cc1OC. The molecule has 1 amide bonds. The third kappa shape index (κ3) is 4.93. The Hall–Kier alpha value is -1.79. The number of benzene rings is 2.